The lowest BCUT2D eigenvalue weighted by Crippen LogP contribution is -2.59. The predicted molar refractivity (Wildman–Crippen MR) is 148 cm³/mol. The zero-order valence-electron chi connectivity index (χ0n) is 23.1. The van der Waals surface area contributed by atoms with Crippen molar-refractivity contribution in [1.29, 1.82) is 0 Å². The van der Waals surface area contributed by atoms with Gasteiger partial charge in [0.05, 0.1) is 12.1 Å². The first-order chi connectivity index (χ1) is 19.3. The molecule has 0 bridgehead atoms. The normalized spacial score (nSPS) is 17.3. The first-order valence-electron chi connectivity index (χ1n) is 13.1. The number of nitrogens with one attached hydrogen (secondary N) is 2. The average Bonchev–Trinajstić information content (AvgIpc) is 2.87. The molecular formula is C31H31F2N3O5. The number of hydrogen-bond acceptors (Lipinski definition) is 5. The van der Waals surface area contributed by atoms with Crippen LogP contribution < -0.4 is 15.5 Å². The summed E-state index contributed by atoms with van der Waals surface area (Å²) in [6, 6.07) is 16.4. The number of halogens is 2. The summed E-state index contributed by atoms with van der Waals surface area (Å²) in [5.74, 6) is -4.33. The molecule has 0 fully saturated rings. The van der Waals surface area contributed by atoms with Crippen LogP contribution >= 0.6 is 0 Å². The molecule has 41 heavy (non-hydrogen) atoms. The van der Waals surface area contributed by atoms with Crippen molar-refractivity contribution in [1.82, 2.24) is 10.6 Å². The number of carbonyl (C=O) groups excluding carboxylic acids is 4. The van der Waals surface area contributed by atoms with Gasteiger partial charge < -0.3 is 15.4 Å². The Morgan fingerprint density at radius 2 is 1.56 bits per heavy atom. The fraction of sp³-hybridized carbons (Fsp3) is 0.290. The summed E-state index contributed by atoms with van der Waals surface area (Å²) in [6.07, 6.45) is -1.24. The summed E-state index contributed by atoms with van der Waals surface area (Å²) in [5, 5.41) is 5.22. The Labute approximate surface area is 236 Å². The summed E-state index contributed by atoms with van der Waals surface area (Å²) in [6.45, 7) is 6.46. The van der Waals surface area contributed by atoms with Crippen molar-refractivity contribution in [3.8, 4) is 0 Å². The van der Waals surface area contributed by atoms with Gasteiger partial charge in [-0.25, -0.2) is 18.5 Å². The quantitative estimate of drug-likeness (QED) is 0.456. The summed E-state index contributed by atoms with van der Waals surface area (Å²) in [5.41, 5.74) is 0.912. The highest BCUT2D eigenvalue weighted by molar-refractivity contribution is 6.17. The summed E-state index contributed by atoms with van der Waals surface area (Å²) in [4.78, 5) is 54.0. The van der Waals surface area contributed by atoms with Crippen LogP contribution in [-0.4, -0.2) is 41.5 Å². The Morgan fingerprint density at radius 1 is 0.951 bits per heavy atom. The van der Waals surface area contributed by atoms with Crippen molar-refractivity contribution in [2.75, 3.05) is 4.90 Å². The highest BCUT2D eigenvalue weighted by atomic mass is 19.1. The molecule has 0 aromatic heterocycles. The van der Waals surface area contributed by atoms with Crippen LogP contribution in [0.2, 0.25) is 0 Å². The number of hydrogen-bond donors (Lipinski definition) is 2. The zero-order valence-corrected chi connectivity index (χ0v) is 23.1. The molecule has 0 unspecified atom stereocenters. The fourth-order valence-corrected chi connectivity index (χ4v) is 4.74. The van der Waals surface area contributed by atoms with E-state index >= 15 is 0 Å². The van der Waals surface area contributed by atoms with Crippen molar-refractivity contribution < 1.29 is 32.7 Å². The monoisotopic (exact) mass is 563 g/mol. The van der Waals surface area contributed by atoms with E-state index in [1.807, 2.05) is 18.2 Å². The van der Waals surface area contributed by atoms with Crippen LogP contribution in [0.4, 0.5) is 19.3 Å². The molecule has 3 aromatic carbocycles. The van der Waals surface area contributed by atoms with E-state index in [-0.39, 0.29) is 12.0 Å². The number of amides is 4. The molecule has 0 saturated heterocycles. The summed E-state index contributed by atoms with van der Waals surface area (Å²) < 4.78 is 32.6. The third-order valence-electron chi connectivity index (χ3n) is 6.42. The second-order valence-electron chi connectivity index (χ2n) is 10.8. The number of para-hydroxylation sites is 1. The molecule has 4 amide bonds. The standard InChI is InChI=1S/C31H31F2N3O5/c1-18(34-25(37)16-19-14-21(32)17-22(33)15-19)28(38)35-27-26(20-10-6-5-7-11-20)23-12-8-9-13-24(23)36(29(27)39)30(40)41-31(2,3)4/h5-15,17-18,26-27H,16H2,1-4H3,(H,34,37)(H,35,38)/t18-,26-,27+/m0/s1. The molecule has 0 saturated carbocycles. The minimum atomic E-state index is -1.22. The van der Waals surface area contributed by atoms with Gasteiger partial charge in [0.15, 0.2) is 0 Å². The van der Waals surface area contributed by atoms with Crippen LogP contribution in [0.15, 0.2) is 72.8 Å². The van der Waals surface area contributed by atoms with E-state index in [0.29, 0.717) is 17.3 Å². The molecule has 214 valence electrons. The number of fused-ring (bicyclic) bond motifs is 1. The zero-order chi connectivity index (χ0) is 29.9. The fourth-order valence-electron chi connectivity index (χ4n) is 4.74. The lowest BCUT2D eigenvalue weighted by molar-refractivity contribution is -0.131. The number of rotatable bonds is 6. The lowest BCUT2D eigenvalue weighted by Gasteiger charge is -2.39. The maximum Gasteiger partial charge on any atom is 0.421 e. The van der Waals surface area contributed by atoms with Crippen LogP contribution in [0.5, 0.6) is 0 Å². The van der Waals surface area contributed by atoms with Gasteiger partial charge in [-0.15, -0.1) is 0 Å². The van der Waals surface area contributed by atoms with Gasteiger partial charge in [0, 0.05) is 12.0 Å². The second kappa shape index (κ2) is 11.9. The van der Waals surface area contributed by atoms with Crippen molar-refractivity contribution in [3.63, 3.8) is 0 Å². The van der Waals surface area contributed by atoms with Crippen LogP contribution in [0.3, 0.4) is 0 Å². The molecule has 0 aliphatic carbocycles. The molecule has 4 rings (SSSR count). The molecule has 0 spiro atoms. The van der Waals surface area contributed by atoms with Gasteiger partial charge in [0.25, 0.3) is 5.91 Å². The number of nitrogens with zero attached hydrogens (tertiary/aromatic N) is 1. The third-order valence-corrected chi connectivity index (χ3v) is 6.42. The van der Waals surface area contributed by atoms with Gasteiger partial charge in [-0.3, -0.25) is 14.4 Å². The molecule has 1 aliphatic rings. The molecule has 1 heterocycles. The minimum absolute atomic E-state index is 0.101. The van der Waals surface area contributed by atoms with Crippen LogP contribution in [0.25, 0.3) is 0 Å². The molecule has 10 heteroatoms. The minimum Gasteiger partial charge on any atom is -0.443 e. The number of benzene rings is 3. The van der Waals surface area contributed by atoms with Gasteiger partial charge in [-0.05, 0) is 62.6 Å². The Morgan fingerprint density at radius 3 is 2.20 bits per heavy atom. The van der Waals surface area contributed by atoms with Gasteiger partial charge in [0.2, 0.25) is 11.8 Å². The van der Waals surface area contributed by atoms with E-state index in [0.717, 1.165) is 22.6 Å². The van der Waals surface area contributed by atoms with E-state index in [9.17, 15) is 28.0 Å². The molecule has 3 aromatic rings. The molecule has 0 radical (unpaired) electrons. The van der Waals surface area contributed by atoms with Crippen LogP contribution in [-0.2, 0) is 25.5 Å². The smallest absolute Gasteiger partial charge is 0.421 e. The molecule has 2 N–H and O–H groups in total. The average molecular weight is 564 g/mol. The Hall–Kier alpha value is -4.60. The summed E-state index contributed by atoms with van der Waals surface area (Å²) in [7, 11) is 0. The highest BCUT2D eigenvalue weighted by Crippen LogP contribution is 2.40. The number of anilines is 1. The van der Waals surface area contributed by atoms with Gasteiger partial charge >= 0.3 is 6.09 Å². The van der Waals surface area contributed by atoms with Crippen molar-refractivity contribution in [3.05, 3.63) is 101 Å². The summed E-state index contributed by atoms with van der Waals surface area (Å²) >= 11 is 0. The lowest BCUT2D eigenvalue weighted by atomic mass is 9.80. The molecule has 1 aliphatic heterocycles. The van der Waals surface area contributed by atoms with Gasteiger partial charge in [0.1, 0.15) is 29.3 Å². The van der Waals surface area contributed by atoms with E-state index < -0.39 is 59.1 Å². The first-order valence-corrected chi connectivity index (χ1v) is 13.1. The molecular weight excluding hydrogens is 532 g/mol. The van der Waals surface area contributed by atoms with Crippen molar-refractivity contribution in [2.24, 2.45) is 0 Å². The Bertz CT molecular complexity index is 1450. The first kappa shape index (κ1) is 29.4. The van der Waals surface area contributed by atoms with Crippen LogP contribution in [0, 0.1) is 11.6 Å². The van der Waals surface area contributed by atoms with E-state index in [1.54, 1.807) is 57.2 Å². The number of ether oxygens (including phenoxy) is 1. The van der Waals surface area contributed by atoms with Crippen LogP contribution in [0.1, 0.15) is 50.3 Å². The number of imide groups is 1. The SMILES string of the molecule is C[C@H](NC(=O)Cc1cc(F)cc(F)c1)C(=O)N[C@H]1C(=O)N(C(=O)OC(C)(C)C)c2ccccc2[C@@H]1c1ccccc1. The third kappa shape index (κ3) is 6.95. The van der Waals surface area contributed by atoms with E-state index in [2.05, 4.69) is 10.6 Å². The second-order valence-corrected chi connectivity index (χ2v) is 10.8. The number of carbonyl (C=O) groups is 4. The predicted octanol–water partition coefficient (Wildman–Crippen LogP) is 4.61. The van der Waals surface area contributed by atoms with Gasteiger partial charge in [-0.2, -0.15) is 0 Å². The van der Waals surface area contributed by atoms with Crippen molar-refractivity contribution in [2.45, 2.75) is 57.7 Å². The Balaban J connectivity index is 1.62. The molecule has 3 atom stereocenters. The van der Waals surface area contributed by atoms with Crippen molar-refractivity contribution >= 4 is 29.5 Å². The van der Waals surface area contributed by atoms with E-state index in [1.165, 1.54) is 6.92 Å². The Kier molecular flexibility index (Phi) is 8.51. The molecule has 8 nitrogen and oxygen atoms in total. The van der Waals surface area contributed by atoms with E-state index in [4.69, 9.17) is 4.74 Å². The topological polar surface area (TPSA) is 105 Å². The van der Waals surface area contributed by atoms with Gasteiger partial charge in [-0.1, -0.05) is 48.5 Å². The largest absolute Gasteiger partial charge is 0.443 e. The highest BCUT2D eigenvalue weighted by Gasteiger charge is 2.46. The maximum atomic E-state index is 13.9. The maximum absolute atomic E-state index is 13.9.